The zero-order valence-electron chi connectivity index (χ0n) is 11.8. The third-order valence-corrected chi connectivity index (χ3v) is 3.02. The van der Waals surface area contributed by atoms with E-state index in [2.05, 4.69) is 0 Å². The van der Waals surface area contributed by atoms with Crippen LogP contribution >= 0.6 is 0 Å². The first-order valence-electron chi connectivity index (χ1n) is 6.39. The van der Waals surface area contributed by atoms with E-state index in [-0.39, 0.29) is 0 Å². The zero-order valence-corrected chi connectivity index (χ0v) is 11.8. The molecule has 0 aromatic heterocycles. The van der Waals surface area contributed by atoms with Crippen molar-refractivity contribution in [2.24, 2.45) is 5.73 Å². The van der Waals surface area contributed by atoms with Crippen LogP contribution in [0, 0.1) is 0 Å². The summed E-state index contributed by atoms with van der Waals surface area (Å²) in [7, 11) is 3.27. The summed E-state index contributed by atoms with van der Waals surface area (Å²) in [6.45, 7) is 0.942. The first kappa shape index (κ1) is 14.2. The molecule has 0 saturated heterocycles. The molecular weight excluding hydrogens is 254 g/mol. The number of benzene rings is 2. The zero-order chi connectivity index (χ0) is 14.4. The molecule has 4 heteroatoms. The van der Waals surface area contributed by atoms with Crippen molar-refractivity contribution in [3.8, 4) is 17.2 Å². The summed E-state index contributed by atoms with van der Waals surface area (Å²) in [5, 5.41) is 0. The lowest BCUT2D eigenvalue weighted by atomic mass is 10.2. The second-order valence-electron chi connectivity index (χ2n) is 4.33. The fourth-order valence-corrected chi connectivity index (χ4v) is 1.84. The van der Waals surface area contributed by atoms with Gasteiger partial charge in [0, 0.05) is 6.54 Å². The van der Waals surface area contributed by atoms with Crippen LogP contribution < -0.4 is 19.9 Å². The van der Waals surface area contributed by atoms with Gasteiger partial charge in [0.25, 0.3) is 0 Å². The molecule has 0 amide bonds. The number of nitrogens with two attached hydrogens (primary N) is 1. The van der Waals surface area contributed by atoms with Crippen LogP contribution in [-0.4, -0.2) is 14.2 Å². The van der Waals surface area contributed by atoms with Crippen LogP contribution in [0.15, 0.2) is 42.5 Å². The molecule has 106 valence electrons. The molecule has 0 spiro atoms. The van der Waals surface area contributed by atoms with E-state index in [0.717, 1.165) is 16.9 Å². The predicted molar refractivity (Wildman–Crippen MR) is 78.2 cm³/mol. The quantitative estimate of drug-likeness (QED) is 0.879. The molecule has 0 bridgehead atoms. The van der Waals surface area contributed by atoms with Gasteiger partial charge >= 0.3 is 0 Å². The third kappa shape index (κ3) is 3.42. The van der Waals surface area contributed by atoms with Crippen LogP contribution in [0.25, 0.3) is 0 Å². The highest BCUT2D eigenvalue weighted by molar-refractivity contribution is 5.43. The van der Waals surface area contributed by atoms with Gasteiger partial charge in [-0.15, -0.1) is 0 Å². The summed E-state index contributed by atoms with van der Waals surface area (Å²) in [6.07, 6.45) is 0. The number of rotatable bonds is 6. The van der Waals surface area contributed by atoms with Crippen LogP contribution in [0.1, 0.15) is 11.1 Å². The lowest BCUT2D eigenvalue weighted by Gasteiger charge is -2.12. The lowest BCUT2D eigenvalue weighted by Crippen LogP contribution is -2.01. The van der Waals surface area contributed by atoms with Gasteiger partial charge in [0.05, 0.1) is 14.2 Å². The van der Waals surface area contributed by atoms with Crippen LogP contribution in [-0.2, 0) is 13.2 Å². The second kappa shape index (κ2) is 6.82. The Morgan fingerprint density at radius 1 is 0.850 bits per heavy atom. The summed E-state index contributed by atoms with van der Waals surface area (Å²) < 4.78 is 16.2. The maximum absolute atomic E-state index is 5.81. The predicted octanol–water partition coefficient (Wildman–Crippen LogP) is 2.74. The molecule has 0 atom stereocenters. The van der Waals surface area contributed by atoms with Crippen LogP contribution in [0.3, 0.4) is 0 Å². The topological polar surface area (TPSA) is 53.7 Å². The molecule has 2 aromatic rings. The van der Waals surface area contributed by atoms with E-state index in [9.17, 15) is 0 Å². The summed E-state index contributed by atoms with van der Waals surface area (Å²) in [5.41, 5.74) is 7.71. The molecule has 2 N–H and O–H groups in total. The second-order valence-corrected chi connectivity index (χ2v) is 4.33. The van der Waals surface area contributed by atoms with Crippen LogP contribution in [0.2, 0.25) is 0 Å². The average Bonchev–Trinajstić information content (AvgIpc) is 2.53. The van der Waals surface area contributed by atoms with Crippen molar-refractivity contribution in [2.45, 2.75) is 13.2 Å². The maximum Gasteiger partial charge on any atom is 0.161 e. The Hall–Kier alpha value is -2.20. The van der Waals surface area contributed by atoms with Gasteiger partial charge in [-0.2, -0.15) is 0 Å². The van der Waals surface area contributed by atoms with E-state index in [1.807, 2.05) is 42.5 Å². The Morgan fingerprint density at radius 3 is 2.15 bits per heavy atom. The molecular formula is C16H19NO3. The first-order chi connectivity index (χ1) is 9.76. The Bertz CT molecular complexity index is 552. The maximum atomic E-state index is 5.81. The molecule has 0 aliphatic heterocycles. The molecule has 4 nitrogen and oxygen atoms in total. The Morgan fingerprint density at radius 2 is 1.55 bits per heavy atom. The molecule has 20 heavy (non-hydrogen) atoms. The minimum Gasteiger partial charge on any atom is -0.497 e. The van der Waals surface area contributed by atoms with Crippen LogP contribution in [0.5, 0.6) is 17.2 Å². The molecule has 0 heterocycles. The fraction of sp³-hybridized carbons (Fsp3) is 0.250. The summed E-state index contributed by atoms with van der Waals surface area (Å²) in [4.78, 5) is 0. The highest BCUT2D eigenvalue weighted by Crippen LogP contribution is 2.28. The number of hydrogen-bond donors (Lipinski definition) is 1. The van der Waals surface area contributed by atoms with Gasteiger partial charge in [0.2, 0.25) is 0 Å². The van der Waals surface area contributed by atoms with Crippen LogP contribution in [0.4, 0.5) is 0 Å². The van der Waals surface area contributed by atoms with E-state index in [1.165, 1.54) is 0 Å². The number of ether oxygens (including phenoxy) is 3. The van der Waals surface area contributed by atoms with Gasteiger partial charge in [0.15, 0.2) is 11.5 Å². The Labute approximate surface area is 119 Å². The van der Waals surface area contributed by atoms with E-state index in [4.69, 9.17) is 19.9 Å². The minimum absolute atomic E-state index is 0.467. The van der Waals surface area contributed by atoms with E-state index in [1.54, 1.807) is 14.2 Å². The minimum atomic E-state index is 0.467. The first-order valence-corrected chi connectivity index (χ1v) is 6.39. The third-order valence-electron chi connectivity index (χ3n) is 3.02. The molecule has 0 saturated carbocycles. The Kier molecular flexibility index (Phi) is 4.85. The van der Waals surface area contributed by atoms with Gasteiger partial charge < -0.3 is 19.9 Å². The van der Waals surface area contributed by atoms with Gasteiger partial charge in [0.1, 0.15) is 12.4 Å². The van der Waals surface area contributed by atoms with Gasteiger partial charge in [-0.05, 0) is 35.4 Å². The molecule has 2 aromatic carbocycles. The molecule has 0 aliphatic carbocycles. The molecule has 0 unspecified atom stereocenters. The van der Waals surface area contributed by atoms with Gasteiger partial charge in [-0.3, -0.25) is 0 Å². The molecule has 2 rings (SSSR count). The number of hydrogen-bond acceptors (Lipinski definition) is 4. The fourth-order valence-electron chi connectivity index (χ4n) is 1.84. The van der Waals surface area contributed by atoms with E-state index in [0.29, 0.717) is 24.7 Å². The highest BCUT2D eigenvalue weighted by Gasteiger charge is 2.06. The van der Waals surface area contributed by atoms with E-state index >= 15 is 0 Å². The smallest absolute Gasteiger partial charge is 0.161 e. The van der Waals surface area contributed by atoms with Crippen molar-refractivity contribution in [1.29, 1.82) is 0 Å². The largest absolute Gasteiger partial charge is 0.497 e. The van der Waals surface area contributed by atoms with Gasteiger partial charge in [-0.25, -0.2) is 0 Å². The van der Waals surface area contributed by atoms with Gasteiger partial charge in [-0.1, -0.05) is 18.2 Å². The normalized spacial score (nSPS) is 10.2. The summed E-state index contributed by atoms with van der Waals surface area (Å²) in [6, 6.07) is 13.5. The summed E-state index contributed by atoms with van der Waals surface area (Å²) in [5.74, 6) is 2.23. The average molecular weight is 273 g/mol. The van der Waals surface area contributed by atoms with Crippen molar-refractivity contribution >= 4 is 0 Å². The van der Waals surface area contributed by atoms with Crippen molar-refractivity contribution in [3.63, 3.8) is 0 Å². The van der Waals surface area contributed by atoms with Crippen molar-refractivity contribution in [3.05, 3.63) is 53.6 Å². The van der Waals surface area contributed by atoms with E-state index < -0.39 is 0 Å². The summed E-state index contributed by atoms with van der Waals surface area (Å²) >= 11 is 0. The van der Waals surface area contributed by atoms with Crippen molar-refractivity contribution in [2.75, 3.05) is 14.2 Å². The number of methoxy groups -OCH3 is 2. The monoisotopic (exact) mass is 273 g/mol. The lowest BCUT2D eigenvalue weighted by molar-refractivity contribution is 0.284. The standard InChI is InChI=1S/C16H19NO3/c1-18-14-6-3-12(4-7-14)11-20-16-9-13(10-17)5-8-15(16)19-2/h3-9H,10-11,17H2,1-2H3. The van der Waals surface area contributed by atoms with Crippen molar-refractivity contribution in [1.82, 2.24) is 0 Å². The highest BCUT2D eigenvalue weighted by atomic mass is 16.5. The molecule has 0 aliphatic rings. The molecule has 0 fully saturated rings. The Balaban J connectivity index is 2.08. The SMILES string of the molecule is COc1ccc(COc2cc(CN)ccc2OC)cc1. The van der Waals surface area contributed by atoms with Crippen molar-refractivity contribution < 1.29 is 14.2 Å². The molecule has 0 radical (unpaired) electrons.